The third-order valence-electron chi connectivity index (χ3n) is 3.28. The van der Waals surface area contributed by atoms with Crippen LogP contribution in [0.25, 0.3) is 0 Å². The summed E-state index contributed by atoms with van der Waals surface area (Å²) in [5.74, 6) is -0.375. The highest BCUT2D eigenvalue weighted by molar-refractivity contribution is 5.92. The summed E-state index contributed by atoms with van der Waals surface area (Å²) in [7, 11) is 1.36. The van der Waals surface area contributed by atoms with Gasteiger partial charge in [0.05, 0.1) is 24.0 Å². The lowest BCUT2D eigenvalue weighted by Crippen LogP contribution is -2.04. The number of carbonyl (C=O) groups excluding carboxylic acids is 1. The van der Waals surface area contributed by atoms with Crippen LogP contribution in [0.2, 0.25) is 0 Å². The standard InChI is InChI=1S/C17H20N2O2/c1-3-6-12-7-4-5-8-15(12)19-16-11-13(17(20)21-2)9-10-14(16)18/h4-5,7-11,19H,3,6,18H2,1-2H3. The number of hydrogen-bond acceptors (Lipinski definition) is 4. The maximum absolute atomic E-state index is 11.6. The smallest absolute Gasteiger partial charge is 0.337 e. The van der Waals surface area contributed by atoms with E-state index in [4.69, 9.17) is 10.5 Å². The van der Waals surface area contributed by atoms with Crippen molar-refractivity contribution in [2.75, 3.05) is 18.2 Å². The van der Waals surface area contributed by atoms with Gasteiger partial charge in [-0.2, -0.15) is 0 Å². The van der Waals surface area contributed by atoms with Crippen LogP contribution >= 0.6 is 0 Å². The highest BCUT2D eigenvalue weighted by Gasteiger charge is 2.09. The number of rotatable bonds is 5. The maximum Gasteiger partial charge on any atom is 0.337 e. The average molecular weight is 284 g/mol. The van der Waals surface area contributed by atoms with Crippen LogP contribution in [-0.2, 0) is 11.2 Å². The molecule has 0 saturated heterocycles. The molecular formula is C17H20N2O2. The van der Waals surface area contributed by atoms with Crippen molar-refractivity contribution >= 4 is 23.0 Å². The Labute approximate surface area is 124 Å². The SMILES string of the molecule is CCCc1ccccc1Nc1cc(C(=O)OC)ccc1N. The van der Waals surface area contributed by atoms with Crippen LogP contribution in [0.4, 0.5) is 17.1 Å². The van der Waals surface area contributed by atoms with Crippen molar-refractivity contribution in [1.29, 1.82) is 0 Å². The van der Waals surface area contributed by atoms with Crippen LogP contribution in [-0.4, -0.2) is 13.1 Å². The zero-order valence-electron chi connectivity index (χ0n) is 12.3. The molecule has 4 nitrogen and oxygen atoms in total. The molecule has 0 amide bonds. The van der Waals surface area contributed by atoms with Crippen molar-refractivity contribution in [3.05, 3.63) is 53.6 Å². The van der Waals surface area contributed by atoms with Gasteiger partial charge >= 0.3 is 5.97 Å². The number of nitrogen functional groups attached to an aromatic ring is 1. The predicted octanol–water partition coefficient (Wildman–Crippen LogP) is 3.75. The van der Waals surface area contributed by atoms with Gasteiger partial charge < -0.3 is 15.8 Å². The molecule has 2 rings (SSSR count). The molecule has 0 heterocycles. The first kappa shape index (κ1) is 14.9. The molecule has 4 heteroatoms. The van der Waals surface area contributed by atoms with Crippen molar-refractivity contribution in [3.63, 3.8) is 0 Å². The molecule has 3 N–H and O–H groups in total. The van der Waals surface area contributed by atoms with E-state index in [1.165, 1.54) is 12.7 Å². The summed E-state index contributed by atoms with van der Waals surface area (Å²) in [6, 6.07) is 13.2. The Balaban J connectivity index is 2.33. The molecule has 2 aromatic rings. The first-order valence-corrected chi connectivity index (χ1v) is 6.98. The molecule has 2 aromatic carbocycles. The largest absolute Gasteiger partial charge is 0.465 e. The number of carbonyl (C=O) groups is 1. The lowest BCUT2D eigenvalue weighted by Gasteiger charge is -2.14. The van der Waals surface area contributed by atoms with Gasteiger partial charge in [0, 0.05) is 5.69 Å². The molecule has 0 atom stereocenters. The second-order valence-electron chi connectivity index (χ2n) is 4.83. The van der Waals surface area contributed by atoms with E-state index in [1.807, 2.05) is 18.2 Å². The lowest BCUT2D eigenvalue weighted by atomic mass is 10.1. The van der Waals surface area contributed by atoms with Gasteiger partial charge in [-0.15, -0.1) is 0 Å². The Morgan fingerprint density at radius 2 is 1.95 bits per heavy atom. The van der Waals surface area contributed by atoms with Crippen LogP contribution in [0.3, 0.4) is 0 Å². The number of nitrogens with two attached hydrogens (primary N) is 1. The fourth-order valence-corrected chi connectivity index (χ4v) is 2.18. The minimum atomic E-state index is -0.375. The van der Waals surface area contributed by atoms with E-state index in [0.29, 0.717) is 16.9 Å². The molecule has 0 bridgehead atoms. The summed E-state index contributed by atoms with van der Waals surface area (Å²) < 4.78 is 4.74. The quantitative estimate of drug-likeness (QED) is 0.648. The van der Waals surface area contributed by atoms with E-state index < -0.39 is 0 Å². The minimum absolute atomic E-state index is 0.375. The number of hydrogen-bond donors (Lipinski definition) is 2. The highest BCUT2D eigenvalue weighted by Crippen LogP contribution is 2.27. The molecule has 0 saturated carbocycles. The van der Waals surface area contributed by atoms with Crippen molar-refractivity contribution in [3.8, 4) is 0 Å². The third kappa shape index (κ3) is 3.54. The number of nitrogens with one attached hydrogen (secondary N) is 1. The molecule has 0 aliphatic heterocycles. The fraction of sp³-hybridized carbons (Fsp3) is 0.235. The Bertz CT molecular complexity index is 638. The van der Waals surface area contributed by atoms with E-state index in [2.05, 4.69) is 18.3 Å². The van der Waals surface area contributed by atoms with E-state index in [0.717, 1.165) is 18.5 Å². The van der Waals surface area contributed by atoms with Crippen molar-refractivity contribution < 1.29 is 9.53 Å². The van der Waals surface area contributed by atoms with Gasteiger partial charge in [0.2, 0.25) is 0 Å². The van der Waals surface area contributed by atoms with Crippen molar-refractivity contribution in [1.82, 2.24) is 0 Å². The molecule has 0 aliphatic rings. The second-order valence-corrected chi connectivity index (χ2v) is 4.83. The van der Waals surface area contributed by atoms with E-state index in [1.54, 1.807) is 18.2 Å². The van der Waals surface area contributed by atoms with Gasteiger partial charge in [0.1, 0.15) is 0 Å². The number of methoxy groups -OCH3 is 1. The van der Waals surface area contributed by atoms with Gasteiger partial charge in [0.15, 0.2) is 0 Å². The Kier molecular flexibility index (Phi) is 4.82. The summed E-state index contributed by atoms with van der Waals surface area (Å²) in [6.07, 6.45) is 2.05. The Hall–Kier alpha value is -2.49. The van der Waals surface area contributed by atoms with Gasteiger partial charge in [-0.3, -0.25) is 0 Å². The summed E-state index contributed by atoms with van der Waals surface area (Å²) in [6.45, 7) is 2.14. The van der Waals surface area contributed by atoms with Crippen LogP contribution in [0, 0.1) is 0 Å². The maximum atomic E-state index is 11.6. The second kappa shape index (κ2) is 6.79. The van der Waals surface area contributed by atoms with Crippen molar-refractivity contribution in [2.45, 2.75) is 19.8 Å². The number of benzene rings is 2. The third-order valence-corrected chi connectivity index (χ3v) is 3.28. The number of ether oxygens (including phenoxy) is 1. The zero-order chi connectivity index (χ0) is 15.2. The Morgan fingerprint density at radius 3 is 2.67 bits per heavy atom. The van der Waals surface area contributed by atoms with Gasteiger partial charge in [-0.1, -0.05) is 31.5 Å². The molecule has 0 aliphatic carbocycles. The topological polar surface area (TPSA) is 64.3 Å². The molecule has 0 fully saturated rings. The van der Waals surface area contributed by atoms with Crippen LogP contribution in [0.5, 0.6) is 0 Å². The number of para-hydroxylation sites is 1. The molecule has 0 aromatic heterocycles. The first-order valence-electron chi connectivity index (χ1n) is 6.98. The predicted molar refractivity (Wildman–Crippen MR) is 85.9 cm³/mol. The van der Waals surface area contributed by atoms with Crippen molar-refractivity contribution in [2.24, 2.45) is 0 Å². The van der Waals surface area contributed by atoms with Gasteiger partial charge in [-0.05, 0) is 36.2 Å². The number of esters is 1. The monoisotopic (exact) mass is 284 g/mol. The van der Waals surface area contributed by atoms with Crippen LogP contribution in [0.1, 0.15) is 29.3 Å². The molecule has 0 spiro atoms. The summed E-state index contributed by atoms with van der Waals surface area (Å²) in [5, 5.41) is 3.31. The summed E-state index contributed by atoms with van der Waals surface area (Å²) in [5.41, 5.74) is 10.00. The zero-order valence-corrected chi connectivity index (χ0v) is 12.3. The molecular weight excluding hydrogens is 264 g/mol. The lowest BCUT2D eigenvalue weighted by molar-refractivity contribution is 0.0601. The minimum Gasteiger partial charge on any atom is -0.465 e. The Morgan fingerprint density at radius 1 is 1.19 bits per heavy atom. The summed E-state index contributed by atoms with van der Waals surface area (Å²) >= 11 is 0. The normalized spacial score (nSPS) is 10.2. The first-order chi connectivity index (χ1) is 10.2. The van der Waals surface area contributed by atoms with E-state index >= 15 is 0 Å². The number of anilines is 3. The highest BCUT2D eigenvalue weighted by atomic mass is 16.5. The van der Waals surface area contributed by atoms with Gasteiger partial charge in [0.25, 0.3) is 0 Å². The number of aryl methyl sites for hydroxylation is 1. The van der Waals surface area contributed by atoms with Crippen LogP contribution < -0.4 is 11.1 Å². The molecule has 21 heavy (non-hydrogen) atoms. The summed E-state index contributed by atoms with van der Waals surface area (Å²) in [4.78, 5) is 11.6. The van der Waals surface area contributed by atoms with Crippen LogP contribution in [0.15, 0.2) is 42.5 Å². The van der Waals surface area contributed by atoms with Gasteiger partial charge in [-0.25, -0.2) is 4.79 Å². The fourth-order valence-electron chi connectivity index (χ4n) is 2.18. The van der Waals surface area contributed by atoms with E-state index in [-0.39, 0.29) is 5.97 Å². The molecule has 0 radical (unpaired) electrons. The van der Waals surface area contributed by atoms with E-state index in [9.17, 15) is 4.79 Å². The molecule has 0 unspecified atom stereocenters. The average Bonchev–Trinajstić information content (AvgIpc) is 2.51. The molecule has 110 valence electrons.